The van der Waals surface area contributed by atoms with Crippen LogP contribution in [0.15, 0.2) is 34.3 Å². The third kappa shape index (κ3) is 3.64. The lowest BCUT2D eigenvalue weighted by Gasteiger charge is -2.01. The summed E-state index contributed by atoms with van der Waals surface area (Å²) in [5.74, 6) is -2.43. The fourth-order valence-corrected chi connectivity index (χ4v) is 1.52. The predicted octanol–water partition coefficient (Wildman–Crippen LogP) is 3.81. The number of hydrogen-bond acceptors (Lipinski definition) is 2. The lowest BCUT2D eigenvalue weighted by atomic mass is 10.2. The Kier molecular flexibility index (Phi) is 4.22. The van der Waals surface area contributed by atoms with Gasteiger partial charge in [-0.15, -0.1) is 0 Å². The minimum Gasteiger partial charge on any atom is -0.198 e. The Morgan fingerprint density at radius 3 is 2.93 bits per heavy atom. The second-order valence-electron chi connectivity index (χ2n) is 2.41. The SMILES string of the molecule is [N-]=[N+]=NCc1cccc(SC(F)F)c1. The molecule has 1 aromatic rings. The predicted molar refractivity (Wildman–Crippen MR) is 51.2 cm³/mol. The summed E-state index contributed by atoms with van der Waals surface area (Å²) in [6.07, 6.45) is 0. The van der Waals surface area contributed by atoms with Gasteiger partial charge in [0.05, 0.1) is 6.54 Å². The van der Waals surface area contributed by atoms with E-state index < -0.39 is 5.76 Å². The Morgan fingerprint density at radius 1 is 1.50 bits per heavy atom. The quantitative estimate of drug-likeness (QED) is 0.326. The van der Waals surface area contributed by atoms with Gasteiger partial charge in [-0.2, -0.15) is 8.78 Å². The lowest BCUT2D eigenvalue weighted by Crippen LogP contribution is -1.84. The van der Waals surface area contributed by atoms with E-state index in [1.54, 1.807) is 24.3 Å². The van der Waals surface area contributed by atoms with Gasteiger partial charge >= 0.3 is 0 Å². The van der Waals surface area contributed by atoms with Crippen molar-refractivity contribution in [2.75, 3.05) is 0 Å². The van der Waals surface area contributed by atoms with Gasteiger partial charge in [-0.25, -0.2) is 0 Å². The molecule has 0 fully saturated rings. The standard InChI is InChI=1S/C8H7F2N3S/c9-8(10)14-7-3-1-2-6(4-7)5-12-13-11/h1-4,8H,5H2. The molecule has 0 aliphatic heterocycles. The van der Waals surface area contributed by atoms with Gasteiger partial charge in [0.2, 0.25) is 0 Å². The van der Waals surface area contributed by atoms with Crippen LogP contribution in [0, 0.1) is 0 Å². The fourth-order valence-electron chi connectivity index (χ4n) is 0.933. The van der Waals surface area contributed by atoms with Gasteiger partial charge in [0.1, 0.15) is 0 Å². The van der Waals surface area contributed by atoms with Crippen molar-refractivity contribution in [1.29, 1.82) is 0 Å². The molecular formula is C8H7F2N3S. The number of rotatable bonds is 4. The largest absolute Gasteiger partial charge is 0.288 e. The van der Waals surface area contributed by atoms with Crippen molar-refractivity contribution in [3.8, 4) is 0 Å². The van der Waals surface area contributed by atoms with Crippen molar-refractivity contribution in [3.63, 3.8) is 0 Å². The first-order valence-electron chi connectivity index (χ1n) is 3.77. The number of azide groups is 1. The highest BCUT2D eigenvalue weighted by molar-refractivity contribution is 7.99. The smallest absolute Gasteiger partial charge is 0.198 e. The Bertz CT molecular complexity index is 350. The van der Waals surface area contributed by atoms with Gasteiger partial charge in [-0.3, -0.25) is 0 Å². The van der Waals surface area contributed by atoms with Crippen molar-refractivity contribution in [2.24, 2.45) is 5.11 Å². The molecule has 0 spiro atoms. The van der Waals surface area contributed by atoms with Crippen LogP contribution in [-0.2, 0) is 6.54 Å². The van der Waals surface area contributed by atoms with Crippen LogP contribution >= 0.6 is 11.8 Å². The zero-order valence-electron chi connectivity index (χ0n) is 7.10. The van der Waals surface area contributed by atoms with Gasteiger partial charge in [0.15, 0.2) is 0 Å². The highest BCUT2D eigenvalue weighted by Crippen LogP contribution is 2.25. The summed E-state index contributed by atoms with van der Waals surface area (Å²) in [5.41, 5.74) is 8.81. The minimum atomic E-state index is -2.43. The molecule has 0 unspecified atom stereocenters. The van der Waals surface area contributed by atoms with E-state index in [4.69, 9.17) is 5.53 Å². The fraction of sp³-hybridized carbons (Fsp3) is 0.250. The average Bonchev–Trinajstić information content (AvgIpc) is 2.14. The van der Waals surface area contributed by atoms with Crippen LogP contribution in [0.4, 0.5) is 8.78 Å². The maximum Gasteiger partial charge on any atom is 0.288 e. The first-order valence-corrected chi connectivity index (χ1v) is 4.65. The summed E-state index contributed by atoms with van der Waals surface area (Å²) in [6.45, 7) is 0.189. The van der Waals surface area contributed by atoms with Crippen molar-refractivity contribution in [2.45, 2.75) is 17.2 Å². The van der Waals surface area contributed by atoms with E-state index in [-0.39, 0.29) is 6.54 Å². The summed E-state index contributed by atoms with van der Waals surface area (Å²) in [4.78, 5) is 3.07. The first kappa shape index (κ1) is 10.8. The zero-order chi connectivity index (χ0) is 10.4. The molecule has 0 saturated heterocycles. The topological polar surface area (TPSA) is 48.8 Å². The second kappa shape index (κ2) is 5.47. The molecule has 0 amide bonds. The molecule has 0 atom stereocenters. The van der Waals surface area contributed by atoms with Crippen LogP contribution in [-0.4, -0.2) is 5.76 Å². The van der Waals surface area contributed by atoms with Crippen molar-refractivity contribution >= 4 is 11.8 Å². The maximum atomic E-state index is 12.0. The van der Waals surface area contributed by atoms with Gasteiger partial charge in [0, 0.05) is 9.81 Å². The van der Waals surface area contributed by atoms with E-state index in [0.29, 0.717) is 16.7 Å². The molecule has 0 aliphatic rings. The molecule has 14 heavy (non-hydrogen) atoms. The van der Waals surface area contributed by atoms with Crippen molar-refractivity contribution in [1.82, 2.24) is 0 Å². The highest BCUT2D eigenvalue weighted by atomic mass is 32.2. The lowest BCUT2D eigenvalue weighted by molar-refractivity contribution is 0.252. The summed E-state index contributed by atoms with van der Waals surface area (Å²) in [7, 11) is 0. The number of thioether (sulfide) groups is 1. The molecule has 0 aliphatic carbocycles. The Labute approximate surface area is 83.7 Å². The second-order valence-corrected chi connectivity index (χ2v) is 3.48. The van der Waals surface area contributed by atoms with Crippen LogP contribution in [0.1, 0.15) is 5.56 Å². The van der Waals surface area contributed by atoms with Crippen LogP contribution in [0.2, 0.25) is 0 Å². The molecule has 3 nitrogen and oxygen atoms in total. The Balaban J connectivity index is 2.73. The number of alkyl halides is 2. The maximum absolute atomic E-state index is 12.0. The van der Waals surface area contributed by atoms with Gasteiger partial charge < -0.3 is 0 Å². The van der Waals surface area contributed by atoms with E-state index in [2.05, 4.69) is 10.0 Å². The van der Waals surface area contributed by atoms with E-state index in [1.807, 2.05) is 0 Å². The molecule has 1 aromatic carbocycles. The summed E-state index contributed by atoms with van der Waals surface area (Å²) in [5, 5.41) is 3.35. The van der Waals surface area contributed by atoms with Crippen LogP contribution < -0.4 is 0 Å². The molecule has 0 heterocycles. The molecule has 1 rings (SSSR count). The number of halogens is 2. The molecule has 74 valence electrons. The van der Waals surface area contributed by atoms with E-state index in [9.17, 15) is 8.78 Å². The normalized spacial score (nSPS) is 9.93. The summed E-state index contributed by atoms with van der Waals surface area (Å²) < 4.78 is 24.0. The molecule has 0 radical (unpaired) electrons. The molecule has 0 bridgehead atoms. The van der Waals surface area contributed by atoms with Crippen molar-refractivity contribution in [3.05, 3.63) is 40.3 Å². The van der Waals surface area contributed by atoms with Crippen LogP contribution in [0.5, 0.6) is 0 Å². The Hall–Kier alpha value is -1.26. The molecular weight excluding hydrogens is 208 g/mol. The van der Waals surface area contributed by atoms with E-state index in [1.165, 1.54) is 0 Å². The minimum absolute atomic E-state index is 0.189. The number of nitrogens with zero attached hydrogens (tertiary/aromatic N) is 3. The first-order chi connectivity index (χ1) is 6.72. The van der Waals surface area contributed by atoms with E-state index >= 15 is 0 Å². The monoisotopic (exact) mass is 215 g/mol. The number of benzene rings is 1. The van der Waals surface area contributed by atoms with Crippen LogP contribution in [0.3, 0.4) is 0 Å². The van der Waals surface area contributed by atoms with Gasteiger partial charge in [-0.1, -0.05) is 29.0 Å². The molecule has 0 saturated carbocycles. The highest BCUT2D eigenvalue weighted by Gasteiger charge is 2.04. The summed E-state index contributed by atoms with van der Waals surface area (Å²) in [6, 6.07) is 6.57. The zero-order valence-corrected chi connectivity index (χ0v) is 7.92. The molecule has 6 heteroatoms. The summed E-state index contributed by atoms with van der Waals surface area (Å²) >= 11 is 0.478. The van der Waals surface area contributed by atoms with Gasteiger partial charge in [0.25, 0.3) is 5.76 Å². The number of hydrogen-bond donors (Lipinski definition) is 0. The third-order valence-corrected chi connectivity index (χ3v) is 2.14. The van der Waals surface area contributed by atoms with Crippen molar-refractivity contribution < 1.29 is 8.78 Å². The molecule has 0 aromatic heterocycles. The van der Waals surface area contributed by atoms with Gasteiger partial charge in [-0.05, 0) is 23.2 Å². The van der Waals surface area contributed by atoms with Crippen LogP contribution in [0.25, 0.3) is 10.4 Å². The Morgan fingerprint density at radius 2 is 2.29 bits per heavy atom. The average molecular weight is 215 g/mol. The molecule has 0 N–H and O–H groups in total. The third-order valence-electron chi connectivity index (χ3n) is 1.44. The van der Waals surface area contributed by atoms with E-state index in [0.717, 1.165) is 5.56 Å².